The Kier molecular flexibility index (Phi) is 2.58. The molecule has 0 saturated heterocycles. The number of rotatable bonds is 3. The van der Waals surface area contributed by atoms with E-state index in [4.69, 9.17) is 4.74 Å². The Morgan fingerprint density at radius 1 is 1.24 bits per heavy atom. The van der Waals surface area contributed by atoms with Crippen LogP contribution >= 0.6 is 11.3 Å². The van der Waals surface area contributed by atoms with Crippen molar-refractivity contribution >= 4 is 16.3 Å². The van der Waals surface area contributed by atoms with Gasteiger partial charge in [0.15, 0.2) is 5.82 Å². The standard InChI is InChI=1S/C11H10N4OS/c1-16-7-9-14-15-10(12-13-11(15)17-9)8-5-3-2-4-6-8/h2-6H,7H2,1H3. The number of hydrogen-bond acceptors (Lipinski definition) is 5. The highest BCUT2D eigenvalue weighted by Gasteiger charge is 2.12. The molecule has 0 spiro atoms. The van der Waals surface area contributed by atoms with Crippen LogP contribution in [0.4, 0.5) is 0 Å². The highest BCUT2D eigenvalue weighted by atomic mass is 32.1. The third-order valence-corrected chi connectivity index (χ3v) is 3.20. The van der Waals surface area contributed by atoms with E-state index in [0.29, 0.717) is 6.61 Å². The first-order valence-electron chi connectivity index (χ1n) is 5.14. The molecule has 0 unspecified atom stereocenters. The van der Waals surface area contributed by atoms with Crippen LogP contribution < -0.4 is 0 Å². The number of methoxy groups -OCH3 is 1. The van der Waals surface area contributed by atoms with Crippen molar-refractivity contribution in [1.29, 1.82) is 0 Å². The summed E-state index contributed by atoms with van der Waals surface area (Å²) in [5, 5.41) is 13.6. The van der Waals surface area contributed by atoms with Gasteiger partial charge in [-0.25, -0.2) is 0 Å². The number of fused-ring (bicyclic) bond motifs is 1. The van der Waals surface area contributed by atoms with Gasteiger partial charge in [0.1, 0.15) is 5.01 Å². The summed E-state index contributed by atoms with van der Waals surface area (Å²) in [7, 11) is 1.65. The summed E-state index contributed by atoms with van der Waals surface area (Å²) in [6.45, 7) is 0.502. The van der Waals surface area contributed by atoms with Crippen molar-refractivity contribution in [3.8, 4) is 11.4 Å². The average molecular weight is 246 g/mol. The van der Waals surface area contributed by atoms with Crippen LogP contribution in [0.3, 0.4) is 0 Å². The van der Waals surface area contributed by atoms with Gasteiger partial charge in [-0.15, -0.1) is 10.2 Å². The normalized spacial score (nSPS) is 11.1. The van der Waals surface area contributed by atoms with Gasteiger partial charge >= 0.3 is 0 Å². The Bertz CT molecular complexity index is 631. The van der Waals surface area contributed by atoms with Crippen molar-refractivity contribution in [2.75, 3.05) is 7.11 Å². The number of benzene rings is 1. The van der Waals surface area contributed by atoms with E-state index < -0.39 is 0 Å². The molecular weight excluding hydrogens is 236 g/mol. The fourth-order valence-corrected chi connectivity index (χ4v) is 2.41. The summed E-state index contributed by atoms with van der Waals surface area (Å²) >= 11 is 1.49. The summed E-state index contributed by atoms with van der Waals surface area (Å²) in [6.07, 6.45) is 0. The molecule has 17 heavy (non-hydrogen) atoms. The fraction of sp³-hybridized carbons (Fsp3) is 0.182. The van der Waals surface area contributed by atoms with Crippen LogP contribution in [0, 0.1) is 0 Å². The number of ether oxygens (including phenoxy) is 1. The first kappa shape index (κ1) is 10.4. The zero-order chi connectivity index (χ0) is 11.7. The quantitative estimate of drug-likeness (QED) is 0.709. The molecule has 0 aliphatic heterocycles. The van der Waals surface area contributed by atoms with Crippen LogP contribution in [0.2, 0.25) is 0 Å². The van der Waals surface area contributed by atoms with Crippen molar-refractivity contribution in [3.05, 3.63) is 35.3 Å². The van der Waals surface area contributed by atoms with E-state index in [9.17, 15) is 0 Å². The lowest BCUT2D eigenvalue weighted by Crippen LogP contribution is -1.93. The first-order chi connectivity index (χ1) is 8.38. The third-order valence-electron chi connectivity index (χ3n) is 2.33. The van der Waals surface area contributed by atoms with Crippen LogP contribution in [0.25, 0.3) is 16.3 Å². The zero-order valence-electron chi connectivity index (χ0n) is 9.20. The van der Waals surface area contributed by atoms with Crippen LogP contribution in [0.15, 0.2) is 30.3 Å². The molecule has 0 saturated carbocycles. The molecule has 86 valence electrons. The Morgan fingerprint density at radius 2 is 2.06 bits per heavy atom. The van der Waals surface area contributed by atoms with Crippen molar-refractivity contribution in [2.24, 2.45) is 0 Å². The Hall–Kier alpha value is -1.79. The lowest BCUT2D eigenvalue weighted by atomic mass is 10.2. The van der Waals surface area contributed by atoms with E-state index in [2.05, 4.69) is 15.3 Å². The van der Waals surface area contributed by atoms with Gasteiger partial charge in [0.25, 0.3) is 0 Å². The molecule has 0 radical (unpaired) electrons. The van der Waals surface area contributed by atoms with E-state index in [1.807, 2.05) is 30.3 Å². The van der Waals surface area contributed by atoms with Gasteiger partial charge in [0.2, 0.25) is 4.96 Å². The van der Waals surface area contributed by atoms with Gasteiger partial charge < -0.3 is 4.74 Å². The molecule has 0 fully saturated rings. The molecule has 0 bridgehead atoms. The molecule has 6 heteroatoms. The molecule has 3 rings (SSSR count). The van der Waals surface area contributed by atoms with Gasteiger partial charge in [-0.05, 0) is 0 Å². The first-order valence-corrected chi connectivity index (χ1v) is 5.95. The van der Waals surface area contributed by atoms with E-state index in [0.717, 1.165) is 21.4 Å². The molecule has 2 heterocycles. The Morgan fingerprint density at radius 3 is 2.82 bits per heavy atom. The second-order valence-corrected chi connectivity index (χ2v) is 4.55. The maximum Gasteiger partial charge on any atom is 0.235 e. The van der Waals surface area contributed by atoms with Gasteiger partial charge in [-0.1, -0.05) is 41.7 Å². The number of aromatic nitrogens is 4. The smallest absolute Gasteiger partial charge is 0.235 e. The third kappa shape index (κ3) is 1.81. The van der Waals surface area contributed by atoms with E-state index in [1.165, 1.54) is 11.3 Å². The molecule has 5 nitrogen and oxygen atoms in total. The lowest BCUT2D eigenvalue weighted by Gasteiger charge is -1.95. The maximum atomic E-state index is 5.06. The average Bonchev–Trinajstić information content (AvgIpc) is 2.90. The van der Waals surface area contributed by atoms with Crippen molar-refractivity contribution in [2.45, 2.75) is 6.61 Å². The van der Waals surface area contributed by atoms with Crippen LogP contribution in [-0.2, 0) is 11.3 Å². The molecule has 0 N–H and O–H groups in total. The molecule has 0 atom stereocenters. The van der Waals surface area contributed by atoms with Crippen LogP contribution in [0.5, 0.6) is 0 Å². The van der Waals surface area contributed by atoms with Crippen LogP contribution in [-0.4, -0.2) is 26.9 Å². The predicted octanol–water partition coefficient (Wildman–Crippen LogP) is 2.00. The zero-order valence-corrected chi connectivity index (χ0v) is 10.0. The molecule has 2 aromatic heterocycles. The van der Waals surface area contributed by atoms with Gasteiger partial charge in [-0.2, -0.15) is 9.61 Å². The second kappa shape index (κ2) is 4.23. The number of hydrogen-bond donors (Lipinski definition) is 0. The number of nitrogens with zero attached hydrogens (tertiary/aromatic N) is 4. The van der Waals surface area contributed by atoms with Crippen molar-refractivity contribution in [3.63, 3.8) is 0 Å². The van der Waals surface area contributed by atoms with Crippen molar-refractivity contribution in [1.82, 2.24) is 19.8 Å². The summed E-state index contributed by atoms with van der Waals surface area (Å²) in [5.74, 6) is 0.763. The Labute approximate surface area is 102 Å². The minimum Gasteiger partial charge on any atom is -0.377 e. The fourth-order valence-electron chi connectivity index (χ4n) is 1.61. The molecule has 0 amide bonds. The highest BCUT2D eigenvalue weighted by molar-refractivity contribution is 7.16. The topological polar surface area (TPSA) is 52.3 Å². The van der Waals surface area contributed by atoms with Crippen molar-refractivity contribution < 1.29 is 4.74 Å². The van der Waals surface area contributed by atoms with Crippen LogP contribution in [0.1, 0.15) is 5.01 Å². The predicted molar refractivity (Wildman–Crippen MR) is 64.8 cm³/mol. The minimum atomic E-state index is 0.502. The molecule has 0 aliphatic carbocycles. The summed E-state index contributed by atoms with van der Waals surface area (Å²) in [5.41, 5.74) is 1.01. The Balaban J connectivity index is 2.11. The monoisotopic (exact) mass is 246 g/mol. The second-order valence-electron chi connectivity index (χ2n) is 3.51. The van der Waals surface area contributed by atoms with Gasteiger partial charge in [0.05, 0.1) is 6.61 Å². The van der Waals surface area contributed by atoms with E-state index >= 15 is 0 Å². The summed E-state index contributed by atoms with van der Waals surface area (Å²) in [4.78, 5) is 0.788. The highest BCUT2D eigenvalue weighted by Crippen LogP contribution is 2.21. The molecular formula is C11H10N4OS. The maximum absolute atomic E-state index is 5.06. The van der Waals surface area contributed by atoms with Gasteiger partial charge in [0, 0.05) is 12.7 Å². The largest absolute Gasteiger partial charge is 0.377 e. The van der Waals surface area contributed by atoms with Gasteiger partial charge in [-0.3, -0.25) is 0 Å². The molecule has 0 aliphatic rings. The molecule has 3 aromatic rings. The summed E-state index contributed by atoms with van der Waals surface area (Å²) in [6, 6.07) is 9.90. The lowest BCUT2D eigenvalue weighted by molar-refractivity contribution is 0.183. The molecule has 1 aromatic carbocycles. The van der Waals surface area contributed by atoms with E-state index in [1.54, 1.807) is 11.6 Å². The van der Waals surface area contributed by atoms with E-state index in [-0.39, 0.29) is 0 Å². The summed E-state index contributed by atoms with van der Waals surface area (Å²) < 4.78 is 6.82. The minimum absolute atomic E-state index is 0.502. The SMILES string of the molecule is COCc1nn2c(-c3ccccc3)nnc2s1.